The van der Waals surface area contributed by atoms with Crippen LogP contribution in [0.25, 0.3) is 0 Å². The van der Waals surface area contributed by atoms with E-state index in [0.29, 0.717) is 10.0 Å². The molecule has 0 bridgehead atoms. The average Bonchev–Trinajstić information content (AvgIpc) is 2.40. The highest BCUT2D eigenvalue weighted by Crippen LogP contribution is 2.19. The second-order valence-corrected chi connectivity index (χ2v) is 9.12. The minimum Gasteiger partial charge on any atom is -0.465 e. The summed E-state index contributed by atoms with van der Waals surface area (Å²) < 4.78 is 20.5. The lowest BCUT2D eigenvalue weighted by Crippen LogP contribution is -2.57. The maximum absolute atomic E-state index is 12.7. The molecule has 29 heavy (non-hydrogen) atoms. The van der Waals surface area contributed by atoms with E-state index in [9.17, 15) is 19.2 Å². The molecule has 0 aliphatic heterocycles. The van der Waals surface area contributed by atoms with Crippen LogP contribution in [0.4, 0.5) is 14.4 Å². The third kappa shape index (κ3) is 11.2. The Morgan fingerprint density at radius 1 is 0.655 bits per heavy atom. The number of rotatable bonds is 3. The van der Waals surface area contributed by atoms with E-state index >= 15 is 0 Å². The van der Waals surface area contributed by atoms with Crippen molar-refractivity contribution in [3.8, 4) is 0 Å². The van der Waals surface area contributed by atoms with E-state index in [2.05, 4.69) is 0 Å². The van der Waals surface area contributed by atoms with Crippen molar-refractivity contribution in [2.45, 2.75) is 86.0 Å². The lowest BCUT2D eigenvalue weighted by molar-refractivity contribution is -0.148. The Morgan fingerprint density at radius 3 is 1.31 bits per heavy atom. The average molecular weight is 418 g/mol. The smallest absolute Gasteiger partial charge is 0.439 e. The van der Waals surface area contributed by atoms with Crippen LogP contribution in [0.2, 0.25) is 0 Å². The number of hydrazine groups is 1. The fourth-order valence-corrected chi connectivity index (χ4v) is 1.74. The summed E-state index contributed by atoms with van der Waals surface area (Å²) in [5, 5.41) is 0.812. The molecule has 0 radical (unpaired) electrons. The summed E-state index contributed by atoms with van der Waals surface area (Å²) in [6.45, 7) is 15.2. The van der Waals surface area contributed by atoms with Crippen LogP contribution >= 0.6 is 0 Å². The maximum Gasteiger partial charge on any atom is 0.439 e. The molecule has 0 aromatic rings. The van der Waals surface area contributed by atoms with Crippen molar-refractivity contribution < 1.29 is 38.1 Å². The van der Waals surface area contributed by atoms with E-state index < -0.39 is 47.6 Å². The number of ether oxygens (including phenoxy) is 4. The minimum absolute atomic E-state index is 0.0415. The van der Waals surface area contributed by atoms with Gasteiger partial charge in [0, 0.05) is 0 Å². The minimum atomic E-state index is -1.21. The molecule has 0 saturated heterocycles. The second-order valence-electron chi connectivity index (χ2n) is 9.12. The van der Waals surface area contributed by atoms with Crippen molar-refractivity contribution in [1.82, 2.24) is 10.0 Å². The number of esters is 1. The molecule has 0 heterocycles. The quantitative estimate of drug-likeness (QED) is 0.386. The van der Waals surface area contributed by atoms with Gasteiger partial charge in [-0.25, -0.2) is 14.4 Å². The summed E-state index contributed by atoms with van der Waals surface area (Å²) in [5.41, 5.74) is -2.93. The Labute approximate surface area is 172 Å². The molecule has 0 spiro atoms. The Hall–Kier alpha value is -2.52. The predicted octanol–water partition coefficient (Wildman–Crippen LogP) is 3.87. The van der Waals surface area contributed by atoms with Gasteiger partial charge in [0.1, 0.15) is 23.3 Å². The molecule has 0 unspecified atom stereocenters. The highest BCUT2D eigenvalue weighted by atomic mass is 16.6. The number of hydrogen-bond donors (Lipinski definition) is 0. The maximum atomic E-state index is 12.7. The van der Waals surface area contributed by atoms with E-state index in [1.165, 1.54) is 0 Å². The molecule has 10 nitrogen and oxygen atoms in total. The highest BCUT2D eigenvalue weighted by molar-refractivity contribution is 5.91. The molecular formula is C19H34N2O8. The lowest BCUT2D eigenvalue weighted by atomic mass is 10.2. The fraction of sp³-hybridized carbons (Fsp3) is 0.789. The van der Waals surface area contributed by atoms with Crippen LogP contribution in [-0.4, -0.2) is 64.2 Å². The van der Waals surface area contributed by atoms with Crippen molar-refractivity contribution >= 4 is 24.2 Å². The number of carbonyl (C=O) groups excluding carboxylic acids is 4. The van der Waals surface area contributed by atoms with Crippen molar-refractivity contribution in [1.29, 1.82) is 0 Å². The molecule has 3 amide bonds. The number of hydrogen-bond acceptors (Lipinski definition) is 8. The first-order valence-electron chi connectivity index (χ1n) is 9.28. The van der Waals surface area contributed by atoms with E-state index in [1.54, 1.807) is 69.2 Å². The first kappa shape index (κ1) is 26.5. The largest absolute Gasteiger partial charge is 0.465 e. The molecule has 10 heteroatoms. The van der Waals surface area contributed by atoms with Crippen LogP contribution in [0, 0.1) is 0 Å². The number of imide groups is 1. The van der Waals surface area contributed by atoms with Gasteiger partial charge in [-0.1, -0.05) is 0 Å². The van der Waals surface area contributed by atoms with Gasteiger partial charge in [0.05, 0.1) is 6.61 Å². The molecular weight excluding hydrogens is 384 g/mol. The highest BCUT2D eigenvalue weighted by Gasteiger charge is 2.41. The Balaban J connectivity index is 6.13. The Kier molecular flexibility index (Phi) is 8.95. The summed E-state index contributed by atoms with van der Waals surface area (Å²) in [6, 6.07) is 0. The summed E-state index contributed by atoms with van der Waals surface area (Å²) in [4.78, 5) is 50.2. The Bertz CT molecular complexity index is 583. The monoisotopic (exact) mass is 418 g/mol. The van der Waals surface area contributed by atoms with Crippen LogP contribution in [-0.2, 0) is 23.7 Å². The molecule has 168 valence electrons. The van der Waals surface area contributed by atoms with Crippen molar-refractivity contribution in [2.75, 3.05) is 13.2 Å². The van der Waals surface area contributed by atoms with Gasteiger partial charge in [0.15, 0.2) is 0 Å². The van der Waals surface area contributed by atoms with E-state index in [1.807, 2.05) is 0 Å². The zero-order valence-corrected chi connectivity index (χ0v) is 19.1. The van der Waals surface area contributed by atoms with Crippen LogP contribution in [0.5, 0.6) is 0 Å². The number of nitrogens with zero attached hydrogens (tertiary/aromatic N) is 2. The lowest BCUT2D eigenvalue weighted by Gasteiger charge is -2.35. The molecule has 0 rings (SSSR count). The Morgan fingerprint density at radius 2 is 1.00 bits per heavy atom. The SMILES string of the molecule is CCOC(=O)CN(C(=O)OC(C)(C)C)N(C(=O)OC(C)(C)C)C(=O)OC(C)(C)C. The molecule has 0 atom stereocenters. The van der Waals surface area contributed by atoms with Crippen LogP contribution in [0.15, 0.2) is 0 Å². The molecule has 0 saturated carbocycles. The molecule has 0 N–H and O–H groups in total. The van der Waals surface area contributed by atoms with Gasteiger partial charge in [0.2, 0.25) is 0 Å². The van der Waals surface area contributed by atoms with Gasteiger partial charge in [0.25, 0.3) is 0 Å². The number of amides is 3. The summed E-state index contributed by atoms with van der Waals surface area (Å²) in [5.74, 6) is -0.851. The first-order chi connectivity index (χ1) is 12.9. The molecule has 0 aromatic heterocycles. The topological polar surface area (TPSA) is 112 Å². The molecule has 0 aliphatic rings. The van der Waals surface area contributed by atoms with Gasteiger partial charge in [-0.15, -0.1) is 5.01 Å². The van der Waals surface area contributed by atoms with Crippen LogP contribution in [0.3, 0.4) is 0 Å². The van der Waals surface area contributed by atoms with Gasteiger partial charge >= 0.3 is 24.2 Å². The van der Waals surface area contributed by atoms with Crippen LogP contribution < -0.4 is 0 Å². The normalized spacial score (nSPS) is 11.9. The zero-order valence-electron chi connectivity index (χ0n) is 19.1. The zero-order chi connectivity index (χ0) is 23.2. The third-order valence-electron chi connectivity index (χ3n) is 2.56. The van der Waals surface area contributed by atoms with E-state index in [-0.39, 0.29) is 6.61 Å². The van der Waals surface area contributed by atoms with Crippen molar-refractivity contribution in [2.24, 2.45) is 0 Å². The van der Waals surface area contributed by atoms with E-state index in [0.717, 1.165) is 0 Å². The summed E-state index contributed by atoms with van der Waals surface area (Å²) in [6.07, 6.45) is -3.54. The second kappa shape index (κ2) is 9.80. The molecule has 0 fully saturated rings. The van der Waals surface area contributed by atoms with Crippen molar-refractivity contribution in [3.63, 3.8) is 0 Å². The van der Waals surface area contributed by atoms with Crippen LogP contribution in [0.1, 0.15) is 69.2 Å². The molecule has 0 aromatic carbocycles. The third-order valence-corrected chi connectivity index (χ3v) is 2.56. The number of carbonyl (C=O) groups is 4. The van der Waals surface area contributed by atoms with Crippen molar-refractivity contribution in [3.05, 3.63) is 0 Å². The fourth-order valence-electron chi connectivity index (χ4n) is 1.74. The van der Waals surface area contributed by atoms with Gasteiger partial charge < -0.3 is 18.9 Å². The standard InChI is InChI=1S/C19H34N2O8/c1-11-26-13(22)12-20(14(23)27-17(2,3)4)21(15(24)28-18(5,6)7)16(25)29-19(8,9)10/h11-12H2,1-10H3. The van der Waals surface area contributed by atoms with Gasteiger partial charge in [-0.2, -0.15) is 5.01 Å². The predicted molar refractivity (Wildman–Crippen MR) is 104 cm³/mol. The van der Waals surface area contributed by atoms with Gasteiger partial charge in [-0.05, 0) is 69.2 Å². The van der Waals surface area contributed by atoms with E-state index in [4.69, 9.17) is 18.9 Å². The van der Waals surface area contributed by atoms with Gasteiger partial charge in [-0.3, -0.25) is 4.79 Å². The molecule has 0 aliphatic carbocycles. The summed E-state index contributed by atoms with van der Waals surface area (Å²) >= 11 is 0. The summed E-state index contributed by atoms with van der Waals surface area (Å²) in [7, 11) is 0. The first-order valence-corrected chi connectivity index (χ1v) is 9.28.